The molecule has 1 aromatic carbocycles. The molecule has 18 heavy (non-hydrogen) atoms. The first-order valence-corrected chi connectivity index (χ1v) is 5.26. The minimum Gasteiger partial charge on any atom is -0.478 e. The Labute approximate surface area is 105 Å². The molecule has 0 aromatic heterocycles. The van der Waals surface area contributed by atoms with E-state index in [4.69, 9.17) is 11.5 Å². The van der Waals surface area contributed by atoms with E-state index >= 15 is 0 Å². The molecule has 0 heterocycles. The SMILES string of the molecule is C#CCN(C)C(=O)Nc1cccc(C)c1C(=O)O. The summed E-state index contributed by atoms with van der Waals surface area (Å²) in [4.78, 5) is 24.1. The second-order valence-electron chi connectivity index (χ2n) is 3.79. The van der Waals surface area contributed by atoms with Crippen molar-refractivity contribution in [2.75, 3.05) is 18.9 Å². The van der Waals surface area contributed by atoms with Gasteiger partial charge in [-0.2, -0.15) is 0 Å². The molecule has 2 N–H and O–H groups in total. The Hall–Kier alpha value is -2.48. The molecule has 0 bridgehead atoms. The molecule has 0 unspecified atom stereocenters. The molecular formula is C13H14N2O3. The highest BCUT2D eigenvalue weighted by molar-refractivity contribution is 6.01. The third kappa shape index (κ3) is 3.01. The van der Waals surface area contributed by atoms with Crippen LogP contribution in [-0.4, -0.2) is 35.6 Å². The Morgan fingerprint density at radius 1 is 1.50 bits per heavy atom. The van der Waals surface area contributed by atoms with Crippen LogP contribution < -0.4 is 5.32 Å². The number of benzene rings is 1. The molecule has 0 radical (unpaired) electrons. The largest absolute Gasteiger partial charge is 0.478 e. The van der Waals surface area contributed by atoms with Crippen molar-refractivity contribution < 1.29 is 14.7 Å². The topological polar surface area (TPSA) is 69.6 Å². The van der Waals surface area contributed by atoms with Crippen LogP contribution in [0.3, 0.4) is 0 Å². The van der Waals surface area contributed by atoms with Crippen molar-refractivity contribution >= 4 is 17.7 Å². The molecule has 0 saturated heterocycles. The van der Waals surface area contributed by atoms with Crippen LogP contribution >= 0.6 is 0 Å². The van der Waals surface area contributed by atoms with Crippen LogP contribution in [0.15, 0.2) is 18.2 Å². The van der Waals surface area contributed by atoms with E-state index in [0.717, 1.165) is 0 Å². The number of carboxylic acids is 1. The van der Waals surface area contributed by atoms with Crippen LogP contribution in [-0.2, 0) is 0 Å². The van der Waals surface area contributed by atoms with E-state index in [1.54, 1.807) is 19.1 Å². The number of hydrogen-bond donors (Lipinski definition) is 2. The van der Waals surface area contributed by atoms with Crippen molar-refractivity contribution in [3.63, 3.8) is 0 Å². The van der Waals surface area contributed by atoms with Crippen molar-refractivity contribution in [1.82, 2.24) is 4.90 Å². The fourth-order valence-corrected chi connectivity index (χ4v) is 1.48. The molecule has 0 aliphatic carbocycles. The number of carboxylic acid groups (broad SMARTS) is 1. The molecule has 0 saturated carbocycles. The number of urea groups is 1. The summed E-state index contributed by atoms with van der Waals surface area (Å²) in [5, 5.41) is 11.6. The highest BCUT2D eigenvalue weighted by Gasteiger charge is 2.16. The zero-order valence-electron chi connectivity index (χ0n) is 10.2. The summed E-state index contributed by atoms with van der Waals surface area (Å²) in [5.74, 6) is 1.25. The monoisotopic (exact) mass is 246 g/mol. The number of amides is 2. The van der Waals surface area contributed by atoms with E-state index in [1.165, 1.54) is 18.0 Å². The second kappa shape index (κ2) is 5.73. The van der Waals surface area contributed by atoms with Gasteiger partial charge in [0, 0.05) is 7.05 Å². The van der Waals surface area contributed by atoms with Gasteiger partial charge in [0.1, 0.15) is 0 Å². The maximum Gasteiger partial charge on any atom is 0.338 e. The van der Waals surface area contributed by atoms with Crippen molar-refractivity contribution in [2.45, 2.75) is 6.92 Å². The standard InChI is InChI=1S/C13H14N2O3/c1-4-8-15(3)13(18)14-10-7-5-6-9(2)11(10)12(16)17/h1,5-7H,8H2,2-3H3,(H,14,18)(H,16,17). The van der Waals surface area contributed by atoms with Gasteiger partial charge in [-0.15, -0.1) is 6.42 Å². The lowest BCUT2D eigenvalue weighted by atomic mass is 10.1. The Morgan fingerprint density at radius 3 is 2.72 bits per heavy atom. The number of aromatic carboxylic acids is 1. The Balaban J connectivity index is 2.99. The van der Waals surface area contributed by atoms with Crippen molar-refractivity contribution in [2.24, 2.45) is 0 Å². The normalized spacial score (nSPS) is 9.39. The van der Waals surface area contributed by atoms with Gasteiger partial charge in [0.15, 0.2) is 0 Å². The first-order valence-electron chi connectivity index (χ1n) is 5.26. The number of carbonyl (C=O) groups is 2. The lowest BCUT2D eigenvalue weighted by Gasteiger charge is -2.16. The minimum absolute atomic E-state index is 0.0833. The number of terminal acetylenes is 1. The smallest absolute Gasteiger partial charge is 0.338 e. The van der Waals surface area contributed by atoms with E-state index in [9.17, 15) is 9.59 Å². The average Bonchev–Trinajstić information content (AvgIpc) is 2.28. The molecule has 1 aromatic rings. The zero-order chi connectivity index (χ0) is 13.7. The van der Waals surface area contributed by atoms with Gasteiger partial charge in [-0.1, -0.05) is 18.1 Å². The number of carbonyl (C=O) groups excluding carboxylic acids is 1. The van der Waals surface area contributed by atoms with Gasteiger partial charge < -0.3 is 15.3 Å². The highest BCUT2D eigenvalue weighted by Crippen LogP contribution is 2.19. The van der Waals surface area contributed by atoms with Gasteiger partial charge in [-0.05, 0) is 18.6 Å². The third-order valence-electron chi connectivity index (χ3n) is 2.40. The van der Waals surface area contributed by atoms with E-state index < -0.39 is 12.0 Å². The van der Waals surface area contributed by atoms with E-state index in [0.29, 0.717) is 5.56 Å². The summed E-state index contributed by atoms with van der Waals surface area (Å²) in [6.45, 7) is 1.82. The van der Waals surface area contributed by atoms with Gasteiger partial charge in [-0.3, -0.25) is 0 Å². The first-order chi connectivity index (χ1) is 8.47. The van der Waals surface area contributed by atoms with Gasteiger partial charge in [0.2, 0.25) is 0 Å². The number of anilines is 1. The van der Waals surface area contributed by atoms with Crippen molar-refractivity contribution in [3.8, 4) is 12.3 Å². The summed E-state index contributed by atoms with van der Waals surface area (Å²) in [6, 6.07) is 4.45. The molecule has 0 fully saturated rings. The molecule has 0 aliphatic rings. The number of nitrogens with one attached hydrogen (secondary N) is 1. The quantitative estimate of drug-likeness (QED) is 0.799. The molecule has 0 aliphatic heterocycles. The van der Waals surface area contributed by atoms with Crippen molar-refractivity contribution in [1.29, 1.82) is 0 Å². The molecule has 0 spiro atoms. The van der Waals surface area contributed by atoms with E-state index in [-0.39, 0.29) is 17.8 Å². The lowest BCUT2D eigenvalue weighted by Crippen LogP contribution is -2.32. The Morgan fingerprint density at radius 2 is 2.17 bits per heavy atom. The van der Waals surface area contributed by atoms with Crippen LogP contribution in [0.2, 0.25) is 0 Å². The van der Waals surface area contributed by atoms with Crippen LogP contribution in [0.25, 0.3) is 0 Å². The number of hydrogen-bond acceptors (Lipinski definition) is 2. The number of nitrogens with zero attached hydrogens (tertiary/aromatic N) is 1. The van der Waals surface area contributed by atoms with Gasteiger partial charge in [0.25, 0.3) is 0 Å². The van der Waals surface area contributed by atoms with Crippen LogP contribution in [0.1, 0.15) is 15.9 Å². The summed E-state index contributed by atoms with van der Waals surface area (Å²) in [7, 11) is 1.53. The number of rotatable bonds is 3. The molecule has 94 valence electrons. The molecule has 5 nitrogen and oxygen atoms in total. The van der Waals surface area contributed by atoms with Gasteiger partial charge in [0.05, 0.1) is 17.8 Å². The summed E-state index contributed by atoms with van der Waals surface area (Å²) in [5.41, 5.74) is 0.927. The third-order valence-corrected chi connectivity index (χ3v) is 2.40. The predicted octanol–water partition coefficient (Wildman–Crippen LogP) is 1.79. The fourth-order valence-electron chi connectivity index (χ4n) is 1.48. The zero-order valence-corrected chi connectivity index (χ0v) is 10.2. The summed E-state index contributed by atoms with van der Waals surface area (Å²) < 4.78 is 0. The van der Waals surface area contributed by atoms with E-state index in [2.05, 4.69) is 11.2 Å². The van der Waals surface area contributed by atoms with Crippen LogP contribution in [0.5, 0.6) is 0 Å². The molecular weight excluding hydrogens is 232 g/mol. The predicted molar refractivity (Wildman–Crippen MR) is 68.6 cm³/mol. The van der Waals surface area contributed by atoms with Gasteiger partial charge >= 0.3 is 12.0 Å². The molecule has 5 heteroatoms. The second-order valence-corrected chi connectivity index (χ2v) is 3.79. The molecule has 2 amide bonds. The Bertz CT molecular complexity index is 517. The summed E-state index contributed by atoms with van der Waals surface area (Å²) >= 11 is 0. The molecule has 0 atom stereocenters. The van der Waals surface area contributed by atoms with Crippen LogP contribution in [0.4, 0.5) is 10.5 Å². The highest BCUT2D eigenvalue weighted by atomic mass is 16.4. The van der Waals surface area contributed by atoms with Crippen molar-refractivity contribution in [3.05, 3.63) is 29.3 Å². The maximum atomic E-state index is 11.7. The van der Waals surface area contributed by atoms with Crippen LogP contribution in [0, 0.1) is 19.3 Å². The summed E-state index contributed by atoms with van der Waals surface area (Å²) in [6.07, 6.45) is 5.10. The van der Waals surface area contributed by atoms with Gasteiger partial charge in [-0.25, -0.2) is 9.59 Å². The fraction of sp³-hybridized carbons (Fsp3) is 0.231. The lowest BCUT2D eigenvalue weighted by molar-refractivity contribution is 0.0697. The Kier molecular flexibility index (Phi) is 4.33. The average molecular weight is 246 g/mol. The molecule has 1 rings (SSSR count). The maximum absolute atomic E-state index is 11.7. The minimum atomic E-state index is -1.08. The number of aryl methyl sites for hydroxylation is 1. The van der Waals surface area contributed by atoms with E-state index in [1.807, 2.05) is 0 Å². The first kappa shape index (κ1) is 13.6.